The highest BCUT2D eigenvalue weighted by Crippen LogP contribution is 2.37. The van der Waals surface area contributed by atoms with Crippen LogP contribution in [-0.2, 0) is 9.31 Å². The largest absolute Gasteiger partial charge is 0.494 e. The Morgan fingerprint density at radius 3 is 1.62 bits per heavy atom. The van der Waals surface area contributed by atoms with Gasteiger partial charge in [0.1, 0.15) is 0 Å². The zero-order valence-electron chi connectivity index (χ0n) is 32.7. The van der Waals surface area contributed by atoms with Crippen LogP contribution >= 0.6 is 11.6 Å². The highest BCUT2D eigenvalue weighted by atomic mass is 35.5. The fourth-order valence-electron chi connectivity index (χ4n) is 7.23. The summed E-state index contributed by atoms with van der Waals surface area (Å²) < 4.78 is 12.5. The van der Waals surface area contributed by atoms with E-state index in [9.17, 15) is 0 Å². The molecule has 0 aliphatic carbocycles. The first-order chi connectivity index (χ1) is 28.1. The normalized spacial score (nSPS) is 14.4. The fraction of sp³-hybridized carbons (Fsp3) is 0.120. The van der Waals surface area contributed by atoms with Gasteiger partial charge in [0, 0.05) is 32.8 Å². The number of benzene rings is 7. The molecule has 0 radical (unpaired) electrons. The minimum Gasteiger partial charge on any atom is -0.399 e. The molecule has 8 heteroatoms. The van der Waals surface area contributed by atoms with Crippen LogP contribution in [0.2, 0.25) is 5.02 Å². The van der Waals surface area contributed by atoms with Crippen molar-refractivity contribution in [2.75, 3.05) is 0 Å². The summed E-state index contributed by atoms with van der Waals surface area (Å²) in [6, 6.07) is 57.1. The molecule has 3 heterocycles. The average molecular weight is 775 g/mol. The maximum atomic E-state index is 6.53. The molecule has 0 atom stereocenters. The number of hydrogen-bond donors (Lipinski definition) is 0. The number of fused-ring (bicyclic) bond motifs is 4. The van der Waals surface area contributed by atoms with Crippen molar-refractivity contribution in [3.05, 3.63) is 175 Å². The van der Waals surface area contributed by atoms with Crippen molar-refractivity contribution >= 4 is 56.8 Å². The lowest BCUT2D eigenvalue weighted by Gasteiger charge is -2.32. The summed E-state index contributed by atoms with van der Waals surface area (Å²) in [5.74, 6) is 1.88. The van der Waals surface area contributed by atoms with Crippen LogP contribution in [0.25, 0.3) is 77.9 Å². The fourth-order valence-corrected chi connectivity index (χ4v) is 7.55. The van der Waals surface area contributed by atoms with Crippen LogP contribution in [0.3, 0.4) is 0 Å². The van der Waals surface area contributed by atoms with Gasteiger partial charge in [0.05, 0.1) is 27.3 Å². The van der Waals surface area contributed by atoms with E-state index < -0.39 is 18.3 Å². The Kier molecular flexibility index (Phi) is 9.82. The van der Waals surface area contributed by atoms with E-state index in [-0.39, 0.29) is 0 Å². The van der Waals surface area contributed by atoms with E-state index in [2.05, 4.69) is 76.2 Å². The van der Waals surface area contributed by atoms with Gasteiger partial charge in [0.2, 0.25) is 0 Å². The van der Waals surface area contributed by atoms with Gasteiger partial charge in [0.15, 0.2) is 17.5 Å². The molecule has 6 nitrogen and oxygen atoms in total. The molecule has 1 aliphatic heterocycles. The molecule has 0 N–H and O–H groups in total. The smallest absolute Gasteiger partial charge is 0.399 e. The number of halogens is 1. The number of pyridine rings is 1. The molecular formula is C50H40BClN4O2. The Balaban J connectivity index is 0.000000190. The van der Waals surface area contributed by atoms with Crippen LogP contribution in [0.5, 0.6) is 0 Å². The lowest BCUT2D eigenvalue weighted by molar-refractivity contribution is 0.00578. The second kappa shape index (κ2) is 15.3. The summed E-state index contributed by atoms with van der Waals surface area (Å²) in [6.07, 6.45) is 0. The van der Waals surface area contributed by atoms with Crippen LogP contribution in [0.1, 0.15) is 27.7 Å². The van der Waals surface area contributed by atoms with E-state index in [4.69, 9.17) is 40.8 Å². The van der Waals surface area contributed by atoms with Gasteiger partial charge < -0.3 is 9.31 Å². The number of hydrogen-bond acceptors (Lipinski definition) is 6. The zero-order chi connectivity index (χ0) is 39.9. The first kappa shape index (κ1) is 37.3. The molecule has 0 saturated carbocycles. The predicted octanol–water partition coefficient (Wildman–Crippen LogP) is 12.0. The number of para-hydroxylation sites is 1. The summed E-state index contributed by atoms with van der Waals surface area (Å²) in [4.78, 5) is 19.6. The average Bonchev–Trinajstić information content (AvgIpc) is 3.50. The number of aromatic nitrogens is 4. The van der Waals surface area contributed by atoms with Crippen molar-refractivity contribution in [1.82, 2.24) is 19.9 Å². The Morgan fingerprint density at radius 2 is 0.948 bits per heavy atom. The van der Waals surface area contributed by atoms with Crippen LogP contribution in [-0.4, -0.2) is 38.3 Å². The topological polar surface area (TPSA) is 70.0 Å². The highest BCUT2D eigenvalue weighted by Gasteiger charge is 2.51. The van der Waals surface area contributed by atoms with E-state index in [0.29, 0.717) is 17.5 Å². The van der Waals surface area contributed by atoms with Crippen molar-refractivity contribution < 1.29 is 9.31 Å². The van der Waals surface area contributed by atoms with Gasteiger partial charge in [-0.1, -0.05) is 175 Å². The Morgan fingerprint density at radius 1 is 0.431 bits per heavy atom. The highest BCUT2D eigenvalue weighted by molar-refractivity contribution is 6.62. The number of rotatable bonds is 5. The van der Waals surface area contributed by atoms with E-state index in [1.807, 2.05) is 121 Å². The quantitative estimate of drug-likeness (QED) is 0.0985. The molecule has 1 aliphatic rings. The molecule has 2 aromatic heterocycles. The van der Waals surface area contributed by atoms with E-state index in [1.165, 1.54) is 5.39 Å². The summed E-state index contributed by atoms with van der Waals surface area (Å²) >= 11 is 6.53. The van der Waals surface area contributed by atoms with Crippen molar-refractivity contribution in [3.8, 4) is 45.3 Å². The van der Waals surface area contributed by atoms with Gasteiger partial charge in [0.25, 0.3) is 0 Å². The Hall–Kier alpha value is -6.25. The molecule has 0 bridgehead atoms. The van der Waals surface area contributed by atoms with Crippen molar-refractivity contribution in [2.24, 2.45) is 0 Å². The molecule has 0 unspecified atom stereocenters. The molecule has 0 spiro atoms. The third-order valence-corrected chi connectivity index (χ3v) is 11.5. The third kappa shape index (κ3) is 7.13. The molecule has 58 heavy (non-hydrogen) atoms. The van der Waals surface area contributed by atoms with Gasteiger partial charge >= 0.3 is 7.12 Å². The first-order valence-corrected chi connectivity index (χ1v) is 19.8. The SMILES string of the molecule is CC1(C)OB(c2ccc(-c3nc(-c4ccccc4)nc(-c4ccccc4-c4ccccc4)n3)cc2)OC1(C)C.Clc1c2ccccc2nc2c1ccc1ccccc12. The molecule has 7 aromatic carbocycles. The molecule has 0 amide bonds. The van der Waals surface area contributed by atoms with Crippen molar-refractivity contribution in [2.45, 2.75) is 38.9 Å². The van der Waals surface area contributed by atoms with Gasteiger partial charge in [-0.15, -0.1) is 0 Å². The predicted molar refractivity (Wildman–Crippen MR) is 239 cm³/mol. The van der Waals surface area contributed by atoms with Gasteiger partial charge in [-0.3, -0.25) is 0 Å². The van der Waals surface area contributed by atoms with Crippen molar-refractivity contribution in [1.29, 1.82) is 0 Å². The molecule has 282 valence electrons. The van der Waals surface area contributed by atoms with E-state index in [1.54, 1.807) is 0 Å². The first-order valence-electron chi connectivity index (χ1n) is 19.4. The van der Waals surface area contributed by atoms with Crippen molar-refractivity contribution in [3.63, 3.8) is 0 Å². The Bertz CT molecular complexity index is 2910. The molecule has 1 fully saturated rings. The minimum atomic E-state index is -0.421. The summed E-state index contributed by atoms with van der Waals surface area (Å²) in [5, 5.41) is 5.14. The summed E-state index contributed by atoms with van der Waals surface area (Å²) in [5.41, 5.74) is 7.07. The van der Waals surface area contributed by atoms with E-state index >= 15 is 0 Å². The monoisotopic (exact) mass is 774 g/mol. The molecule has 9 aromatic rings. The standard InChI is InChI=1S/C33H30BN3O2.C17H10ClN/c1-32(2)33(3,4)39-34(38-32)26-21-19-25(20-22-26)30-35-29(24-15-9-6-10-16-24)36-31(37-30)28-18-12-11-17-27(28)23-13-7-5-8-14-23;18-16-13-7-3-4-8-15(13)19-17-12-6-2-1-5-11(12)9-10-14(16)17/h5-22H,1-4H3;1-10H. The lowest BCUT2D eigenvalue weighted by Crippen LogP contribution is -2.41. The van der Waals surface area contributed by atoms with Crippen LogP contribution in [0.4, 0.5) is 0 Å². The summed E-state index contributed by atoms with van der Waals surface area (Å²) in [7, 11) is -0.421. The molecule has 10 rings (SSSR count). The molecule has 1 saturated heterocycles. The Labute approximate surface area is 343 Å². The van der Waals surface area contributed by atoms with Crippen LogP contribution < -0.4 is 5.46 Å². The van der Waals surface area contributed by atoms with Crippen LogP contribution in [0, 0.1) is 0 Å². The van der Waals surface area contributed by atoms with E-state index in [0.717, 1.165) is 65.5 Å². The van der Waals surface area contributed by atoms with Crippen LogP contribution in [0.15, 0.2) is 170 Å². The second-order valence-corrected chi connectivity index (χ2v) is 15.8. The maximum absolute atomic E-state index is 6.53. The molecular weight excluding hydrogens is 735 g/mol. The lowest BCUT2D eigenvalue weighted by atomic mass is 9.79. The summed E-state index contributed by atoms with van der Waals surface area (Å²) in [6.45, 7) is 8.25. The maximum Gasteiger partial charge on any atom is 0.494 e. The van der Waals surface area contributed by atoms with Gasteiger partial charge in [-0.2, -0.15) is 0 Å². The van der Waals surface area contributed by atoms with Gasteiger partial charge in [-0.25, -0.2) is 19.9 Å². The third-order valence-electron chi connectivity index (χ3n) is 11.1. The van der Waals surface area contributed by atoms with Gasteiger partial charge in [-0.05, 0) is 55.7 Å². The minimum absolute atomic E-state index is 0.393. The number of nitrogens with zero attached hydrogens (tertiary/aromatic N) is 4. The zero-order valence-corrected chi connectivity index (χ0v) is 33.5. The second-order valence-electron chi connectivity index (χ2n) is 15.4.